The largest absolute Gasteiger partial charge is 0.465 e. The minimum Gasteiger partial charge on any atom is -0.465 e. The summed E-state index contributed by atoms with van der Waals surface area (Å²) in [5.41, 5.74) is 5.86. The molecule has 1 aliphatic heterocycles. The summed E-state index contributed by atoms with van der Waals surface area (Å²) in [7, 11) is 0. The molecule has 2 N–H and O–H groups in total. The van der Waals surface area contributed by atoms with Gasteiger partial charge in [0.15, 0.2) is 0 Å². The van der Waals surface area contributed by atoms with Crippen LogP contribution in [0.2, 0.25) is 0 Å². The van der Waals surface area contributed by atoms with Crippen LogP contribution in [0.4, 0.5) is 0 Å². The van der Waals surface area contributed by atoms with Crippen molar-refractivity contribution in [2.45, 2.75) is 13.0 Å². The molecule has 1 fully saturated rings. The zero-order valence-corrected chi connectivity index (χ0v) is 9.30. The second-order valence-electron chi connectivity index (χ2n) is 4.23. The second kappa shape index (κ2) is 4.53. The van der Waals surface area contributed by atoms with E-state index in [1.807, 2.05) is 6.07 Å². The van der Waals surface area contributed by atoms with E-state index in [0.717, 1.165) is 6.54 Å². The molecular formula is C12H16N2O2. The normalized spacial score (nSPS) is 25.5. The second-order valence-corrected chi connectivity index (χ2v) is 4.23. The fourth-order valence-electron chi connectivity index (χ4n) is 1.82. The van der Waals surface area contributed by atoms with E-state index >= 15 is 0 Å². The van der Waals surface area contributed by atoms with Gasteiger partial charge >= 0.3 is 0 Å². The van der Waals surface area contributed by atoms with Crippen molar-refractivity contribution in [2.75, 3.05) is 13.1 Å². The van der Waals surface area contributed by atoms with Crippen molar-refractivity contribution in [3.8, 4) is 0 Å². The van der Waals surface area contributed by atoms with E-state index in [-0.39, 0.29) is 11.9 Å². The highest BCUT2D eigenvalue weighted by atomic mass is 16.3. The number of carbonyl (C=O) groups excluding carboxylic acids is 1. The zero-order valence-electron chi connectivity index (χ0n) is 9.30. The first kappa shape index (κ1) is 11.0. The predicted molar refractivity (Wildman–Crippen MR) is 61.5 cm³/mol. The Hall–Kier alpha value is -1.55. The van der Waals surface area contributed by atoms with Gasteiger partial charge in [0.05, 0.1) is 6.26 Å². The van der Waals surface area contributed by atoms with E-state index in [4.69, 9.17) is 10.2 Å². The van der Waals surface area contributed by atoms with Crippen LogP contribution in [0.5, 0.6) is 0 Å². The summed E-state index contributed by atoms with van der Waals surface area (Å²) in [6, 6.07) is 3.70. The van der Waals surface area contributed by atoms with Crippen molar-refractivity contribution >= 4 is 12.0 Å². The van der Waals surface area contributed by atoms with Gasteiger partial charge in [-0.3, -0.25) is 4.79 Å². The summed E-state index contributed by atoms with van der Waals surface area (Å²) in [6.07, 6.45) is 4.79. The molecule has 0 aromatic carbocycles. The first-order chi connectivity index (χ1) is 7.66. The van der Waals surface area contributed by atoms with Crippen LogP contribution in [0, 0.1) is 5.92 Å². The van der Waals surface area contributed by atoms with Gasteiger partial charge in [-0.1, -0.05) is 6.92 Å². The molecule has 0 spiro atoms. The van der Waals surface area contributed by atoms with Crippen LogP contribution in [0.15, 0.2) is 28.9 Å². The first-order valence-corrected chi connectivity index (χ1v) is 5.43. The van der Waals surface area contributed by atoms with Crippen LogP contribution in [-0.4, -0.2) is 29.9 Å². The molecule has 0 saturated carbocycles. The van der Waals surface area contributed by atoms with Gasteiger partial charge in [0.2, 0.25) is 5.91 Å². The Balaban J connectivity index is 1.94. The van der Waals surface area contributed by atoms with Crippen LogP contribution in [0.3, 0.4) is 0 Å². The van der Waals surface area contributed by atoms with Gasteiger partial charge in [-0.2, -0.15) is 0 Å². The molecule has 86 valence electrons. The highest BCUT2D eigenvalue weighted by Gasteiger charge is 2.28. The molecule has 1 aliphatic rings. The summed E-state index contributed by atoms with van der Waals surface area (Å²) < 4.78 is 5.11. The molecule has 0 aliphatic carbocycles. The lowest BCUT2D eigenvalue weighted by Crippen LogP contribution is -2.31. The minimum atomic E-state index is -0.00352. The van der Waals surface area contributed by atoms with Gasteiger partial charge in [0.1, 0.15) is 5.76 Å². The van der Waals surface area contributed by atoms with Crippen LogP contribution < -0.4 is 5.73 Å². The summed E-state index contributed by atoms with van der Waals surface area (Å²) in [5, 5.41) is 0. The minimum absolute atomic E-state index is 0.00352. The summed E-state index contributed by atoms with van der Waals surface area (Å²) in [6.45, 7) is 3.44. The van der Waals surface area contributed by atoms with Crippen molar-refractivity contribution in [2.24, 2.45) is 11.7 Å². The van der Waals surface area contributed by atoms with Crippen molar-refractivity contribution in [3.05, 3.63) is 30.2 Å². The van der Waals surface area contributed by atoms with E-state index in [1.54, 1.807) is 23.3 Å². The molecule has 16 heavy (non-hydrogen) atoms. The van der Waals surface area contributed by atoms with Gasteiger partial charge in [-0.15, -0.1) is 0 Å². The Morgan fingerprint density at radius 2 is 2.44 bits per heavy atom. The number of hydrogen-bond acceptors (Lipinski definition) is 3. The van der Waals surface area contributed by atoms with Gasteiger partial charge in [0.25, 0.3) is 0 Å². The summed E-state index contributed by atoms with van der Waals surface area (Å²) in [5.74, 6) is 1.06. The van der Waals surface area contributed by atoms with Gasteiger partial charge < -0.3 is 15.1 Å². The third kappa shape index (κ3) is 2.33. The van der Waals surface area contributed by atoms with E-state index < -0.39 is 0 Å². The number of amides is 1. The third-order valence-corrected chi connectivity index (χ3v) is 2.92. The molecule has 1 aromatic heterocycles. The number of carbonyl (C=O) groups is 1. The van der Waals surface area contributed by atoms with Gasteiger partial charge in [-0.25, -0.2) is 0 Å². The molecule has 4 heteroatoms. The first-order valence-electron chi connectivity index (χ1n) is 5.43. The summed E-state index contributed by atoms with van der Waals surface area (Å²) in [4.78, 5) is 13.5. The molecule has 1 saturated heterocycles. The number of hydrogen-bond donors (Lipinski definition) is 1. The molecule has 2 rings (SSSR count). The average molecular weight is 220 g/mol. The summed E-state index contributed by atoms with van der Waals surface area (Å²) >= 11 is 0. The molecule has 1 aromatic rings. The number of likely N-dealkylation sites (tertiary alicyclic amines) is 1. The molecule has 0 bridgehead atoms. The number of nitrogens with zero attached hydrogens (tertiary/aromatic N) is 1. The smallest absolute Gasteiger partial charge is 0.246 e. The van der Waals surface area contributed by atoms with E-state index in [2.05, 4.69) is 6.92 Å². The predicted octanol–water partition coefficient (Wildman–Crippen LogP) is 1.10. The van der Waals surface area contributed by atoms with Crippen molar-refractivity contribution < 1.29 is 9.21 Å². The number of rotatable bonds is 2. The van der Waals surface area contributed by atoms with E-state index in [0.29, 0.717) is 18.2 Å². The monoisotopic (exact) mass is 220 g/mol. The maximum absolute atomic E-state index is 11.8. The molecule has 4 nitrogen and oxygen atoms in total. The highest BCUT2D eigenvalue weighted by Crippen LogP contribution is 2.15. The quantitative estimate of drug-likeness (QED) is 0.759. The third-order valence-electron chi connectivity index (χ3n) is 2.92. The molecule has 1 amide bonds. The van der Waals surface area contributed by atoms with Crippen LogP contribution in [0.25, 0.3) is 6.08 Å². The number of furan rings is 1. The van der Waals surface area contributed by atoms with Crippen molar-refractivity contribution in [1.82, 2.24) is 4.90 Å². The molecule has 2 heterocycles. The Labute approximate surface area is 94.7 Å². The fourth-order valence-corrected chi connectivity index (χ4v) is 1.82. The Morgan fingerprint density at radius 3 is 3.00 bits per heavy atom. The van der Waals surface area contributed by atoms with Crippen molar-refractivity contribution in [3.63, 3.8) is 0 Å². The topological polar surface area (TPSA) is 59.5 Å². The molecule has 0 radical (unpaired) electrons. The molecule has 2 atom stereocenters. The lowest BCUT2D eigenvalue weighted by molar-refractivity contribution is -0.125. The molecular weight excluding hydrogens is 204 g/mol. The number of nitrogens with two attached hydrogens (primary N) is 1. The lowest BCUT2D eigenvalue weighted by atomic mass is 10.1. The van der Waals surface area contributed by atoms with Crippen LogP contribution in [-0.2, 0) is 4.79 Å². The lowest BCUT2D eigenvalue weighted by Gasteiger charge is -2.12. The van der Waals surface area contributed by atoms with Crippen LogP contribution >= 0.6 is 0 Å². The van der Waals surface area contributed by atoms with Crippen molar-refractivity contribution in [1.29, 1.82) is 0 Å². The van der Waals surface area contributed by atoms with Gasteiger partial charge in [0, 0.05) is 25.2 Å². The average Bonchev–Trinajstić information content (AvgIpc) is 2.86. The standard InChI is InChI=1S/C12H16N2O2/c1-9-7-14(8-11(9)13)12(15)5-4-10-3-2-6-16-10/h2-6,9,11H,7-8,13H2,1H3/b5-4+. The maximum atomic E-state index is 11.8. The SMILES string of the molecule is CC1CN(C(=O)/C=C/c2ccco2)CC1N. The zero-order chi connectivity index (χ0) is 11.5. The van der Waals surface area contributed by atoms with Gasteiger partial charge in [-0.05, 0) is 24.1 Å². The highest BCUT2D eigenvalue weighted by molar-refractivity contribution is 5.91. The maximum Gasteiger partial charge on any atom is 0.246 e. The Kier molecular flexibility index (Phi) is 3.10. The van der Waals surface area contributed by atoms with E-state index in [9.17, 15) is 4.79 Å². The van der Waals surface area contributed by atoms with Crippen LogP contribution in [0.1, 0.15) is 12.7 Å². The Bertz CT molecular complexity index is 374. The van der Waals surface area contributed by atoms with E-state index in [1.165, 1.54) is 6.08 Å². The Morgan fingerprint density at radius 1 is 1.62 bits per heavy atom. The molecule has 2 unspecified atom stereocenters. The fraction of sp³-hybridized carbons (Fsp3) is 0.417.